The molecule has 0 spiro atoms. The van der Waals surface area contributed by atoms with Gasteiger partial charge in [-0.25, -0.2) is 9.69 Å². The number of benzene rings is 1. The SMILES string of the molecule is CC(C)(C)OC(=O)N1c2cnccc2CC1(O)c1ccccc1. The standard InChI is InChI=1S/C18H20N2O3/c1-17(2,3)23-16(21)20-15-12-19-10-9-13(15)11-18(20,22)14-7-5-4-6-8-14/h4-10,12,22H,11H2,1-3H3. The van der Waals surface area contributed by atoms with Crippen molar-refractivity contribution in [3.05, 3.63) is 59.9 Å². The van der Waals surface area contributed by atoms with Crippen LogP contribution in [0.15, 0.2) is 48.8 Å². The molecule has 120 valence electrons. The molecule has 1 N–H and O–H groups in total. The van der Waals surface area contributed by atoms with Crippen LogP contribution < -0.4 is 4.90 Å². The van der Waals surface area contributed by atoms with E-state index in [1.54, 1.807) is 45.3 Å². The molecule has 23 heavy (non-hydrogen) atoms. The zero-order valence-corrected chi connectivity index (χ0v) is 13.5. The summed E-state index contributed by atoms with van der Waals surface area (Å²) in [5, 5.41) is 11.3. The van der Waals surface area contributed by atoms with Crippen molar-refractivity contribution in [3.8, 4) is 0 Å². The van der Waals surface area contributed by atoms with Gasteiger partial charge in [0, 0.05) is 18.2 Å². The first-order valence-electron chi connectivity index (χ1n) is 7.55. The minimum Gasteiger partial charge on any atom is -0.443 e. The Bertz CT molecular complexity index is 725. The van der Waals surface area contributed by atoms with Gasteiger partial charge in [-0.3, -0.25) is 4.98 Å². The normalized spacial score (nSPS) is 20.3. The molecule has 1 aromatic carbocycles. The number of hydrogen-bond acceptors (Lipinski definition) is 4. The Balaban J connectivity index is 2.08. The first-order valence-corrected chi connectivity index (χ1v) is 7.55. The van der Waals surface area contributed by atoms with Crippen LogP contribution in [0.3, 0.4) is 0 Å². The average Bonchev–Trinajstić information content (AvgIpc) is 2.79. The Hall–Kier alpha value is -2.40. The Morgan fingerprint density at radius 3 is 2.61 bits per heavy atom. The molecule has 1 unspecified atom stereocenters. The third kappa shape index (κ3) is 2.80. The van der Waals surface area contributed by atoms with Crippen LogP contribution in [0.25, 0.3) is 0 Å². The van der Waals surface area contributed by atoms with Crippen LogP contribution in [-0.2, 0) is 16.9 Å². The Kier molecular flexibility index (Phi) is 3.60. The van der Waals surface area contributed by atoms with Gasteiger partial charge in [-0.1, -0.05) is 30.3 Å². The van der Waals surface area contributed by atoms with Gasteiger partial charge in [-0.15, -0.1) is 0 Å². The molecule has 1 aliphatic rings. The number of hydrogen-bond donors (Lipinski definition) is 1. The van der Waals surface area contributed by atoms with Crippen molar-refractivity contribution < 1.29 is 14.6 Å². The molecule has 5 nitrogen and oxygen atoms in total. The van der Waals surface area contributed by atoms with E-state index in [1.165, 1.54) is 4.90 Å². The number of aromatic nitrogens is 1. The first-order chi connectivity index (χ1) is 10.8. The number of nitrogens with zero attached hydrogens (tertiary/aromatic N) is 2. The first kappa shape index (κ1) is 15.5. The zero-order valence-electron chi connectivity index (χ0n) is 13.5. The molecule has 3 rings (SSSR count). The fraction of sp³-hybridized carbons (Fsp3) is 0.333. The third-order valence-corrected chi connectivity index (χ3v) is 3.75. The van der Waals surface area contributed by atoms with E-state index in [0.717, 1.165) is 5.56 Å². The van der Waals surface area contributed by atoms with E-state index in [4.69, 9.17) is 4.74 Å². The van der Waals surface area contributed by atoms with Crippen molar-refractivity contribution in [3.63, 3.8) is 0 Å². The predicted molar refractivity (Wildman–Crippen MR) is 87.0 cm³/mol. The molecule has 1 atom stereocenters. The van der Waals surface area contributed by atoms with Crippen molar-refractivity contribution in [2.45, 2.75) is 38.5 Å². The van der Waals surface area contributed by atoms with Gasteiger partial charge in [0.2, 0.25) is 0 Å². The number of carbonyl (C=O) groups excluding carboxylic acids is 1. The number of anilines is 1. The smallest absolute Gasteiger partial charge is 0.417 e. The summed E-state index contributed by atoms with van der Waals surface area (Å²) >= 11 is 0. The van der Waals surface area contributed by atoms with E-state index in [0.29, 0.717) is 17.7 Å². The largest absolute Gasteiger partial charge is 0.443 e. The summed E-state index contributed by atoms with van der Waals surface area (Å²) in [6, 6.07) is 11.0. The summed E-state index contributed by atoms with van der Waals surface area (Å²) in [5.41, 5.74) is -0.0541. The lowest BCUT2D eigenvalue weighted by Gasteiger charge is -2.35. The van der Waals surface area contributed by atoms with E-state index in [-0.39, 0.29) is 0 Å². The number of amides is 1. The lowest BCUT2D eigenvalue weighted by atomic mass is 9.98. The Morgan fingerprint density at radius 2 is 1.96 bits per heavy atom. The molecular weight excluding hydrogens is 292 g/mol. The van der Waals surface area contributed by atoms with Crippen LogP contribution in [0.5, 0.6) is 0 Å². The Morgan fingerprint density at radius 1 is 1.26 bits per heavy atom. The van der Waals surface area contributed by atoms with Crippen LogP contribution in [-0.4, -0.2) is 21.8 Å². The number of ether oxygens (including phenoxy) is 1. The minimum absolute atomic E-state index is 0.300. The van der Waals surface area contributed by atoms with Crippen LogP contribution in [0.4, 0.5) is 10.5 Å². The quantitative estimate of drug-likeness (QED) is 0.878. The van der Waals surface area contributed by atoms with Crippen molar-refractivity contribution in [1.82, 2.24) is 4.98 Å². The van der Waals surface area contributed by atoms with E-state index >= 15 is 0 Å². The molecule has 1 amide bonds. The minimum atomic E-state index is -1.48. The molecule has 0 fully saturated rings. The summed E-state index contributed by atoms with van der Waals surface area (Å²) in [5.74, 6) is 0. The van der Waals surface area contributed by atoms with Crippen molar-refractivity contribution in [1.29, 1.82) is 0 Å². The van der Waals surface area contributed by atoms with Gasteiger partial charge in [-0.2, -0.15) is 0 Å². The predicted octanol–water partition coefficient (Wildman–Crippen LogP) is 3.22. The van der Waals surface area contributed by atoms with E-state index in [2.05, 4.69) is 4.98 Å². The number of fused-ring (bicyclic) bond motifs is 1. The third-order valence-electron chi connectivity index (χ3n) is 3.75. The van der Waals surface area contributed by atoms with Crippen molar-refractivity contribution in [2.24, 2.45) is 0 Å². The molecule has 0 radical (unpaired) electrons. The Labute approximate surface area is 135 Å². The molecule has 5 heteroatoms. The maximum atomic E-state index is 12.7. The molecule has 2 aromatic rings. The van der Waals surface area contributed by atoms with Gasteiger partial charge in [0.05, 0.1) is 11.9 Å². The topological polar surface area (TPSA) is 62.7 Å². The summed E-state index contributed by atoms with van der Waals surface area (Å²) in [7, 11) is 0. The highest BCUT2D eigenvalue weighted by molar-refractivity contribution is 5.92. The highest BCUT2D eigenvalue weighted by atomic mass is 16.6. The van der Waals surface area contributed by atoms with Gasteiger partial charge in [0.1, 0.15) is 5.60 Å². The number of rotatable bonds is 1. The second-order valence-electron chi connectivity index (χ2n) is 6.68. The molecule has 1 aliphatic heterocycles. The van der Waals surface area contributed by atoms with Crippen LogP contribution in [0.2, 0.25) is 0 Å². The van der Waals surface area contributed by atoms with E-state index in [9.17, 15) is 9.90 Å². The van der Waals surface area contributed by atoms with Crippen molar-refractivity contribution in [2.75, 3.05) is 4.90 Å². The summed E-state index contributed by atoms with van der Waals surface area (Å²) in [6.45, 7) is 5.39. The van der Waals surface area contributed by atoms with Gasteiger partial charge in [0.25, 0.3) is 0 Å². The van der Waals surface area contributed by atoms with Gasteiger partial charge in [-0.05, 0) is 32.4 Å². The second-order valence-corrected chi connectivity index (χ2v) is 6.68. The van der Waals surface area contributed by atoms with Crippen LogP contribution >= 0.6 is 0 Å². The number of pyridine rings is 1. The number of carbonyl (C=O) groups is 1. The molecule has 0 bridgehead atoms. The maximum Gasteiger partial charge on any atom is 0.417 e. The molecule has 0 aliphatic carbocycles. The van der Waals surface area contributed by atoms with Crippen molar-refractivity contribution >= 4 is 11.8 Å². The van der Waals surface area contributed by atoms with Crippen LogP contribution in [0.1, 0.15) is 31.9 Å². The highest BCUT2D eigenvalue weighted by Crippen LogP contribution is 2.43. The second kappa shape index (κ2) is 5.35. The molecule has 2 heterocycles. The lowest BCUT2D eigenvalue weighted by molar-refractivity contribution is 0.0140. The van der Waals surface area contributed by atoms with Gasteiger partial charge < -0.3 is 9.84 Å². The average molecular weight is 312 g/mol. The van der Waals surface area contributed by atoms with Crippen LogP contribution in [0, 0.1) is 0 Å². The molecule has 0 saturated carbocycles. The summed E-state index contributed by atoms with van der Waals surface area (Å²) in [4.78, 5) is 18.1. The molecule has 0 saturated heterocycles. The fourth-order valence-electron chi connectivity index (χ4n) is 2.80. The van der Waals surface area contributed by atoms with Gasteiger partial charge in [0.15, 0.2) is 5.72 Å². The molecule has 1 aromatic heterocycles. The summed E-state index contributed by atoms with van der Waals surface area (Å²) in [6.07, 6.45) is 2.95. The maximum absolute atomic E-state index is 12.7. The number of aliphatic hydroxyl groups is 1. The van der Waals surface area contributed by atoms with E-state index < -0.39 is 17.4 Å². The highest BCUT2D eigenvalue weighted by Gasteiger charge is 2.48. The summed E-state index contributed by atoms with van der Waals surface area (Å²) < 4.78 is 5.49. The van der Waals surface area contributed by atoms with Gasteiger partial charge >= 0.3 is 6.09 Å². The molecular formula is C18H20N2O3. The van der Waals surface area contributed by atoms with E-state index in [1.807, 2.05) is 24.3 Å². The lowest BCUT2D eigenvalue weighted by Crippen LogP contribution is -2.49. The fourth-order valence-corrected chi connectivity index (χ4v) is 2.80. The monoisotopic (exact) mass is 312 g/mol. The zero-order chi connectivity index (χ0) is 16.7.